The van der Waals surface area contributed by atoms with Gasteiger partial charge in [0.05, 0.1) is 30.1 Å². The fourth-order valence-corrected chi connectivity index (χ4v) is 2.17. The molecule has 0 fully saturated rings. The SMILES string of the molecule is CCn1nc(C)cc1CNc1ccc(Cl)c(OC)c1. The molecule has 0 amide bonds. The maximum atomic E-state index is 6.00. The van der Waals surface area contributed by atoms with Gasteiger partial charge in [-0.3, -0.25) is 4.68 Å². The van der Waals surface area contributed by atoms with E-state index in [1.54, 1.807) is 7.11 Å². The summed E-state index contributed by atoms with van der Waals surface area (Å²) < 4.78 is 7.19. The molecular formula is C14H18ClN3O. The third-order valence-electron chi connectivity index (χ3n) is 2.91. The van der Waals surface area contributed by atoms with Crippen molar-refractivity contribution < 1.29 is 4.74 Å². The predicted octanol–water partition coefficient (Wildman–Crippen LogP) is 3.49. The molecule has 1 aromatic carbocycles. The number of methoxy groups -OCH3 is 1. The normalized spacial score (nSPS) is 10.5. The first-order valence-corrected chi connectivity index (χ1v) is 6.62. The van der Waals surface area contributed by atoms with Gasteiger partial charge in [0.25, 0.3) is 0 Å². The van der Waals surface area contributed by atoms with Gasteiger partial charge in [0.2, 0.25) is 0 Å². The van der Waals surface area contributed by atoms with E-state index in [2.05, 4.69) is 23.4 Å². The first-order valence-electron chi connectivity index (χ1n) is 6.24. The number of hydrogen-bond acceptors (Lipinski definition) is 3. The molecule has 0 atom stereocenters. The van der Waals surface area contributed by atoms with E-state index in [-0.39, 0.29) is 0 Å². The van der Waals surface area contributed by atoms with Crippen LogP contribution in [0.2, 0.25) is 5.02 Å². The Labute approximate surface area is 118 Å². The second-order valence-electron chi connectivity index (χ2n) is 4.30. The smallest absolute Gasteiger partial charge is 0.139 e. The number of benzene rings is 1. The third-order valence-corrected chi connectivity index (χ3v) is 3.22. The monoisotopic (exact) mass is 279 g/mol. The molecule has 1 aromatic heterocycles. The topological polar surface area (TPSA) is 39.1 Å². The average Bonchev–Trinajstić information content (AvgIpc) is 2.78. The lowest BCUT2D eigenvalue weighted by Crippen LogP contribution is -2.07. The molecule has 0 spiro atoms. The van der Waals surface area contributed by atoms with Gasteiger partial charge in [0.15, 0.2) is 0 Å². The van der Waals surface area contributed by atoms with Crippen LogP contribution < -0.4 is 10.1 Å². The van der Waals surface area contributed by atoms with Crippen molar-refractivity contribution in [3.05, 3.63) is 40.7 Å². The second-order valence-corrected chi connectivity index (χ2v) is 4.70. The van der Waals surface area contributed by atoms with Crippen LogP contribution in [-0.2, 0) is 13.1 Å². The highest BCUT2D eigenvalue weighted by atomic mass is 35.5. The molecule has 5 heteroatoms. The van der Waals surface area contributed by atoms with E-state index < -0.39 is 0 Å². The van der Waals surface area contributed by atoms with Crippen LogP contribution >= 0.6 is 11.6 Å². The van der Waals surface area contributed by atoms with E-state index in [4.69, 9.17) is 16.3 Å². The van der Waals surface area contributed by atoms with Crippen molar-refractivity contribution in [3.8, 4) is 5.75 Å². The molecule has 4 nitrogen and oxygen atoms in total. The van der Waals surface area contributed by atoms with E-state index in [1.165, 1.54) is 0 Å². The molecule has 19 heavy (non-hydrogen) atoms. The average molecular weight is 280 g/mol. The first kappa shape index (κ1) is 13.7. The van der Waals surface area contributed by atoms with Crippen molar-refractivity contribution in [2.45, 2.75) is 26.9 Å². The maximum absolute atomic E-state index is 6.00. The highest BCUT2D eigenvalue weighted by Crippen LogP contribution is 2.27. The third kappa shape index (κ3) is 3.20. The zero-order chi connectivity index (χ0) is 13.8. The summed E-state index contributed by atoms with van der Waals surface area (Å²) in [5.74, 6) is 0.673. The molecule has 0 unspecified atom stereocenters. The van der Waals surface area contributed by atoms with Crippen LogP contribution in [0, 0.1) is 6.92 Å². The number of rotatable bonds is 5. The Morgan fingerprint density at radius 1 is 1.37 bits per heavy atom. The van der Waals surface area contributed by atoms with Crippen LogP contribution in [0.1, 0.15) is 18.3 Å². The lowest BCUT2D eigenvalue weighted by atomic mass is 10.3. The van der Waals surface area contributed by atoms with E-state index in [0.717, 1.165) is 30.2 Å². The van der Waals surface area contributed by atoms with Crippen molar-refractivity contribution in [1.29, 1.82) is 0 Å². The Morgan fingerprint density at radius 2 is 2.16 bits per heavy atom. The quantitative estimate of drug-likeness (QED) is 0.911. The van der Waals surface area contributed by atoms with E-state index in [9.17, 15) is 0 Å². The van der Waals surface area contributed by atoms with E-state index in [1.807, 2.05) is 29.8 Å². The number of anilines is 1. The summed E-state index contributed by atoms with van der Waals surface area (Å²) in [5.41, 5.74) is 3.17. The molecule has 0 aliphatic carbocycles. The number of ether oxygens (including phenoxy) is 1. The van der Waals surface area contributed by atoms with Gasteiger partial charge in [-0.25, -0.2) is 0 Å². The number of halogens is 1. The van der Waals surface area contributed by atoms with Gasteiger partial charge in [-0.05, 0) is 32.0 Å². The Morgan fingerprint density at radius 3 is 2.84 bits per heavy atom. The first-order chi connectivity index (χ1) is 9.13. The van der Waals surface area contributed by atoms with Crippen LogP contribution in [0.25, 0.3) is 0 Å². The molecule has 0 bridgehead atoms. The summed E-state index contributed by atoms with van der Waals surface area (Å²) in [4.78, 5) is 0. The lowest BCUT2D eigenvalue weighted by molar-refractivity contribution is 0.415. The summed E-state index contributed by atoms with van der Waals surface area (Å²) in [6.45, 7) is 5.68. The number of aromatic nitrogens is 2. The molecule has 0 radical (unpaired) electrons. The largest absolute Gasteiger partial charge is 0.495 e. The Bertz CT molecular complexity index is 566. The molecule has 1 N–H and O–H groups in total. The minimum atomic E-state index is 0.613. The number of nitrogens with zero attached hydrogens (tertiary/aromatic N) is 2. The van der Waals surface area contributed by atoms with Crippen molar-refractivity contribution in [2.24, 2.45) is 0 Å². The van der Waals surface area contributed by atoms with Crippen LogP contribution in [-0.4, -0.2) is 16.9 Å². The zero-order valence-corrected chi connectivity index (χ0v) is 12.2. The van der Waals surface area contributed by atoms with Crippen molar-refractivity contribution in [3.63, 3.8) is 0 Å². The molecular weight excluding hydrogens is 262 g/mol. The van der Waals surface area contributed by atoms with Crippen molar-refractivity contribution >= 4 is 17.3 Å². The summed E-state index contributed by atoms with van der Waals surface area (Å²) in [7, 11) is 1.61. The van der Waals surface area contributed by atoms with Crippen LogP contribution in [0.5, 0.6) is 5.75 Å². The standard InChI is InChI=1S/C14H18ClN3O/c1-4-18-12(7-10(2)17-18)9-16-11-5-6-13(15)14(8-11)19-3/h5-8,16H,4,9H2,1-3H3. The molecule has 2 rings (SSSR count). The zero-order valence-electron chi connectivity index (χ0n) is 11.4. The highest BCUT2D eigenvalue weighted by molar-refractivity contribution is 6.32. The fourth-order valence-electron chi connectivity index (χ4n) is 1.98. The van der Waals surface area contributed by atoms with Crippen molar-refractivity contribution in [2.75, 3.05) is 12.4 Å². The Kier molecular flexibility index (Phi) is 4.32. The molecule has 0 aliphatic rings. The van der Waals surface area contributed by atoms with Crippen molar-refractivity contribution in [1.82, 2.24) is 9.78 Å². The summed E-state index contributed by atoms with van der Waals surface area (Å²) in [5, 5.41) is 8.38. The van der Waals surface area contributed by atoms with E-state index >= 15 is 0 Å². The van der Waals surface area contributed by atoms with Gasteiger partial charge < -0.3 is 10.1 Å². The van der Waals surface area contributed by atoms with Gasteiger partial charge >= 0.3 is 0 Å². The number of nitrogens with one attached hydrogen (secondary N) is 1. The molecule has 0 saturated heterocycles. The maximum Gasteiger partial charge on any atom is 0.139 e. The van der Waals surface area contributed by atoms with E-state index in [0.29, 0.717) is 10.8 Å². The number of aryl methyl sites for hydroxylation is 2. The molecule has 0 saturated carbocycles. The summed E-state index contributed by atoms with van der Waals surface area (Å²) in [6, 6.07) is 7.74. The Hall–Kier alpha value is -1.68. The van der Waals surface area contributed by atoms with Gasteiger partial charge in [-0.2, -0.15) is 5.10 Å². The molecule has 1 heterocycles. The molecule has 2 aromatic rings. The van der Waals surface area contributed by atoms with Crippen LogP contribution in [0.4, 0.5) is 5.69 Å². The molecule has 0 aliphatic heterocycles. The Balaban J connectivity index is 2.09. The minimum absolute atomic E-state index is 0.613. The van der Waals surface area contributed by atoms with Crippen LogP contribution in [0.15, 0.2) is 24.3 Å². The van der Waals surface area contributed by atoms with Gasteiger partial charge in [0, 0.05) is 18.3 Å². The molecule has 102 valence electrons. The van der Waals surface area contributed by atoms with Gasteiger partial charge in [-0.15, -0.1) is 0 Å². The predicted molar refractivity (Wildman–Crippen MR) is 78.0 cm³/mol. The lowest BCUT2D eigenvalue weighted by Gasteiger charge is -2.10. The van der Waals surface area contributed by atoms with Gasteiger partial charge in [0.1, 0.15) is 5.75 Å². The van der Waals surface area contributed by atoms with Crippen LogP contribution in [0.3, 0.4) is 0 Å². The summed E-state index contributed by atoms with van der Waals surface area (Å²) >= 11 is 6.00. The number of hydrogen-bond donors (Lipinski definition) is 1. The van der Waals surface area contributed by atoms with Gasteiger partial charge in [-0.1, -0.05) is 11.6 Å². The summed E-state index contributed by atoms with van der Waals surface area (Å²) in [6.07, 6.45) is 0. The highest BCUT2D eigenvalue weighted by Gasteiger charge is 2.05. The second kappa shape index (κ2) is 5.97. The fraction of sp³-hybridized carbons (Fsp3) is 0.357. The minimum Gasteiger partial charge on any atom is -0.495 e.